The van der Waals surface area contributed by atoms with Crippen molar-refractivity contribution in [2.45, 2.75) is 6.42 Å². The minimum Gasteiger partial charge on any atom is -0.294 e. The molecule has 0 aliphatic heterocycles. The summed E-state index contributed by atoms with van der Waals surface area (Å²) >= 11 is 3.32. The van der Waals surface area contributed by atoms with Gasteiger partial charge in [0.1, 0.15) is 0 Å². The average molecular weight is 312 g/mol. The number of Topliss-reactive ketones (excluding diaryl/α,β-unsaturated/α-hetero) is 1. The van der Waals surface area contributed by atoms with Gasteiger partial charge in [0.25, 0.3) is 0 Å². The first-order chi connectivity index (χ1) is 8.54. The second kappa shape index (κ2) is 5.20. The first-order valence-corrected chi connectivity index (χ1v) is 6.45. The van der Waals surface area contributed by atoms with E-state index in [9.17, 15) is 9.59 Å². The third-order valence-corrected chi connectivity index (χ3v) is 3.69. The smallest absolute Gasteiger partial charge is 0.249 e. The molecule has 1 aliphatic carbocycles. The molecule has 0 bridgehead atoms. The lowest BCUT2D eigenvalue weighted by atomic mass is 10.1. The molecule has 0 heterocycles. The lowest BCUT2D eigenvalue weighted by Crippen LogP contribution is -2.28. The lowest BCUT2D eigenvalue weighted by Gasteiger charge is -2.12. The summed E-state index contributed by atoms with van der Waals surface area (Å²) in [5.74, 6) is -0.527. The third kappa shape index (κ3) is 2.62. The van der Waals surface area contributed by atoms with Crippen molar-refractivity contribution in [3.05, 3.63) is 34.3 Å². The number of rotatable bonds is 4. The summed E-state index contributed by atoms with van der Waals surface area (Å²) in [4.78, 5) is 28.7. The van der Waals surface area contributed by atoms with E-state index in [4.69, 9.17) is 4.84 Å². The highest BCUT2D eigenvalue weighted by atomic mass is 79.9. The maximum atomic E-state index is 12.1. The number of hydrogen-bond acceptors (Lipinski definition) is 3. The lowest BCUT2D eigenvalue weighted by molar-refractivity contribution is -0.170. The van der Waals surface area contributed by atoms with Gasteiger partial charge in [-0.25, -0.2) is 5.06 Å². The zero-order chi connectivity index (χ0) is 13.3. The quantitative estimate of drug-likeness (QED) is 0.633. The molecule has 1 aliphatic rings. The number of hydrogen-bond donors (Lipinski definition) is 0. The standard InChI is InChI=1S/C13H14BrNO3/c1-15(18-2)13(17)11-7-10(11)12(16)8-3-5-9(14)6-4-8/h3-6,10-11H,7H2,1-2H3/t10-,11-/m0/s1. The molecule has 1 aromatic carbocycles. The van der Waals surface area contributed by atoms with Gasteiger partial charge in [-0.3, -0.25) is 14.4 Å². The number of hydroxylamine groups is 2. The van der Waals surface area contributed by atoms with Crippen molar-refractivity contribution in [3.8, 4) is 0 Å². The minimum absolute atomic E-state index is 0.0327. The van der Waals surface area contributed by atoms with Crippen LogP contribution >= 0.6 is 15.9 Å². The van der Waals surface area contributed by atoms with Gasteiger partial charge in [-0.2, -0.15) is 0 Å². The fourth-order valence-corrected chi connectivity index (χ4v) is 2.17. The number of nitrogens with zero attached hydrogens (tertiary/aromatic N) is 1. The van der Waals surface area contributed by atoms with Gasteiger partial charge in [0, 0.05) is 23.0 Å². The molecule has 1 aromatic rings. The van der Waals surface area contributed by atoms with E-state index in [2.05, 4.69) is 15.9 Å². The van der Waals surface area contributed by atoms with Gasteiger partial charge in [0.2, 0.25) is 5.91 Å². The number of carbonyl (C=O) groups excluding carboxylic acids is 2. The van der Waals surface area contributed by atoms with Crippen LogP contribution in [0.15, 0.2) is 28.7 Å². The van der Waals surface area contributed by atoms with Crippen LogP contribution in [0.4, 0.5) is 0 Å². The second-order valence-electron chi connectivity index (χ2n) is 4.34. The van der Waals surface area contributed by atoms with Crippen LogP contribution in [0.5, 0.6) is 0 Å². The van der Waals surface area contributed by atoms with E-state index in [1.807, 2.05) is 12.1 Å². The van der Waals surface area contributed by atoms with E-state index >= 15 is 0 Å². The fourth-order valence-electron chi connectivity index (χ4n) is 1.91. The van der Waals surface area contributed by atoms with E-state index in [0.717, 1.165) is 4.47 Å². The van der Waals surface area contributed by atoms with Crippen LogP contribution in [-0.2, 0) is 9.63 Å². The number of carbonyl (C=O) groups is 2. The topological polar surface area (TPSA) is 46.6 Å². The minimum atomic E-state index is -0.230. The van der Waals surface area contributed by atoms with Crippen molar-refractivity contribution in [2.24, 2.45) is 11.8 Å². The molecule has 1 saturated carbocycles. The van der Waals surface area contributed by atoms with Crippen molar-refractivity contribution in [1.82, 2.24) is 5.06 Å². The molecule has 4 nitrogen and oxygen atoms in total. The monoisotopic (exact) mass is 311 g/mol. The van der Waals surface area contributed by atoms with Gasteiger partial charge in [-0.15, -0.1) is 0 Å². The Bertz CT molecular complexity index is 472. The van der Waals surface area contributed by atoms with Crippen molar-refractivity contribution in [3.63, 3.8) is 0 Å². The van der Waals surface area contributed by atoms with Crippen LogP contribution < -0.4 is 0 Å². The van der Waals surface area contributed by atoms with Crippen LogP contribution in [0.25, 0.3) is 0 Å². The molecule has 0 unspecified atom stereocenters. The van der Waals surface area contributed by atoms with E-state index < -0.39 is 0 Å². The summed E-state index contributed by atoms with van der Waals surface area (Å²) in [5, 5.41) is 1.18. The molecule has 2 atom stereocenters. The Kier molecular flexibility index (Phi) is 3.82. The normalized spacial score (nSPS) is 21.5. The first kappa shape index (κ1) is 13.2. The molecule has 2 rings (SSSR count). The van der Waals surface area contributed by atoms with Crippen molar-refractivity contribution in [2.75, 3.05) is 14.2 Å². The average Bonchev–Trinajstić information content (AvgIpc) is 3.17. The van der Waals surface area contributed by atoms with E-state index in [1.54, 1.807) is 19.2 Å². The molecule has 96 valence electrons. The number of benzene rings is 1. The molecule has 0 saturated heterocycles. The van der Waals surface area contributed by atoms with E-state index in [0.29, 0.717) is 12.0 Å². The van der Waals surface area contributed by atoms with Crippen molar-refractivity contribution < 1.29 is 14.4 Å². The van der Waals surface area contributed by atoms with E-state index in [1.165, 1.54) is 12.2 Å². The molecule has 1 amide bonds. The van der Waals surface area contributed by atoms with Crippen LogP contribution in [0.1, 0.15) is 16.8 Å². The molecule has 1 fully saturated rings. The van der Waals surface area contributed by atoms with Gasteiger partial charge < -0.3 is 0 Å². The Morgan fingerprint density at radius 1 is 1.28 bits per heavy atom. The maximum absolute atomic E-state index is 12.1. The Morgan fingerprint density at radius 3 is 2.44 bits per heavy atom. The zero-order valence-electron chi connectivity index (χ0n) is 10.2. The molecule has 0 radical (unpaired) electrons. The predicted octanol–water partition coefficient (Wildman–Crippen LogP) is 2.29. The number of amides is 1. The van der Waals surface area contributed by atoms with Gasteiger partial charge in [-0.05, 0) is 18.6 Å². The summed E-state index contributed by atoms with van der Waals surface area (Å²) < 4.78 is 0.932. The summed E-state index contributed by atoms with van der Waals surface area (Å²) in [7, 11) is 2.99. The molecular weight excluding hydrogens is 298 g/mol. The van der Waals surface area contributed by atoms with Crippen LogP contribution in [0.2, 0.25) is 0 Å². The highest BCUT2D eigenvalue weighted by Gasteiger charge is 2.49. The molecular formula is C13H14BrNO3. The number of halogens is 1. The van der Waals surface area contributed by atoms with Gasteiger partial charge in [-0.1, -0.05) is 28.1 Å². The van der Waals surface area contributed by atoms with E-state index in [-0.39, 0.29) is 23.5 Å². The molecule has 5 heteroatoms. The Labute approximate surface area is 114 Å². The molecule has 0 N–H and O–H groups in total. The third-order valence-electron chi connectivity index (χ3n) is 3.16. The fraction of sp³-hybridized carbons (Fsp3) is 0.385. The highest BCUT2D eigenvalue weighted by molar-refractivity contribution is 9.10. The van der Waals surface area contributed by atoms with Gasteiger partial charge >= 0.3 is 0 Å². The summed E-state index contributed by atoms with van der Waals surface area (Å²) in [6, 6.07) is 7.19. The van der Waals surface area contributed by atoms with Crippen LogP contribution in [0, 0.1) is 11.8 Å². The summed E-state index contributed by atoms with van der Waals surface area (Å²) in [5.41, 5.74) is 0.651. The zero-order valence-corrected chi connectivity index (χ0v) is 11.8. The molecule has 0 aromatic heterocycles. The molecule has 0 spiro atoms. The van der Waals surface area contributed by atoms with Gasteiger partial charge in [0.15, 0.2) is 5.78 Å². The summed E-state index contributed by atoms with van der Waals surface area (Å²) in [6.45, 7) is 0. The first-order valence-electron chi connectivity index (χ1n) is 5.66. The van der Waals surface area contributed by atoms with Crippen LogP contribution in [-0.4, -0.2) is 30.9 Å². The molecule has 18 heavy (non-hydrogen) atoms. The second-order valence-corrected chi connectivity index (χ2v) is 5.25. The van der Waals surface area contributed by atoms with Crippen LogP contribution in [0.3, 0.4) is 0 Å². The Hall–Kier alpha value is -1.20. The summed E-state index contributed by atoms with van der Waals surface area (Å²) in [6.07, 6.45) is 0.613. The van der Waals surface area contributed by atoms with Gasteiger partial charge in [0.05, 0.1) is 13.0 Å². The Balaban J connectivity index is 2.01. The number of ketones is 1. The maximum Gasteiger partial charge on any atom is 0.249 e. The predicted molar refractivity (Wildman–Crippen MR) is 69.8 cm³/mol. The Morgan fingerprint density at radius 2 is 1.89 bits per heavy atom. The largest absolute Gasteiger partial charge is 0.294 e. The van der Waals surface area contributed by atoms with Crippen molar-refractivity contribution >= 4 is 27.6 Å². The highest BCUT2D eigenvalue weighted by Crippen LogP contribution is 2.42. The van der Waals surface area contributed by atoms with Crippen molar-refractivity contribution in [1.29, 1.82) is 0 Å². The SMILES string of the molecule is CON(C)C(=O)[C@H]1C[C@@H]1C(=O)c1ccc(Br)cc1.